The van der Waals surface area contributed by atoms with Crippen molar-refractivity contribution in [2.24, 2.45) is 0 Å². The second kappa shape index (κ2) is 6.62. The maximum absolute atomic E-state index is 6.01. The van der Waals surface area contributed by atoms with E-state index in [1.54, 1.807) is 11.8 Å². The van der Waals surface area contributed by atoms with Crippen LogP contribution in [-0.4, -0.2) is 7.05 Å². The van der Waals surface area contributed by atoms with Gasteiger partial charge in [0, 0.05) is 25.8 Å². The van der Waals surface area contributed by atoms with E-state index in [4.69, 9.17) is 11.6 Å². The Bertz CT molecular complexity index is 545. The molecule has 0 atom stereocenters. The predicted molar refractivity (Wildman–Crippen MR) is 82.5 cm³/mol. The van der Waals surface area contributed by atoms with Crippen LogP contribution in [0.3, 0.4) is 0 Å². The average Bonchev–Trinajstić information content (AvgIpc) is 2.33. The molecule has 2 aromatic carbocycles. The molecule has 0 spiro atoms. The third-order valence-corrected chi connectivity index (χ3v) is 4.24. The van der Waals surface area contributed by atoms with Crippen LogP contribution >= 0.6 is 39.3 Å². The molecule has 4 heteroatoms. The molecule has 2 rings (SSSR count). The maximum Gasteiger partial charge on any atom is 0.0417 e. The van der Waals surface area contributed by atoms with Gasteiger partial charge in [0.2, 0.25) is 0 Å². The summed E-state index contributed by atoms with van der Waals surface area (Å²) < 4.78 is 1.09. The fraction of sp³-hybridized carbons (Fsp3) is 0.143. The molecule has 0 radical (unpaired) electrons. The highest BCUT2D eigenvalue weighted by Gasteiger charge is 2.05. The van der Waals surface area contributed by atoms with Gasteiger partial charge in [-0.3, -0.25) is 0 Å². The number of benzene rings is 2. The van der Waals surface area contributed by atoms with Gasteiger partial charge in [-0.25, -0.2) is 0 Å². The first-order chi connectivity index (χ1) is 8.69. The normalized spacial score (nSPS) is 10.6. The second-order valence-corrected chi connectivity index (χ2v) is 6.31. The number of hydrogen-bond donors (Lipinski definition) is 1. The zero-order chi connectivity index (χ0) is 13.0. The fourth-order valence-electron chi connectivity index (χ4n) is 1.62. The van der Waals surface area contributed by atoms with Gasteiger partial charge in [0.25, 0.3) is 0 Å². The van der Waals surface area contributed by atoms with Crippen LogP contribution in [0, 0.1) is 0 Å². The second-order valence-electron chi connectivity index (χ2n) is 3.84. The Balaban J connectivity index is 2.29. The summed E-state index contributed by atoms with van der Waals surface area (Å²) in [5.74, 6) is 0. The van der Waals surface area contributed by atoms with E-state index in [9.17, 15) is 0 Å². The molecule has 0 aromatic heterocycles. The Morgan fingerprint density at radius 2 is 2.06 bits per heavy atom. The van der Waals surface area contributed by atoms with Gasteiger partial charge >= 0.3 is 0 Å². The molecule has 94 valence electrons. The van der Waals surface area contributed by atoms with E-state index < -0.39 is 0 Å². The highest BCUT2D eigenvalue weighted by molar-refractivity contribution is 9.10. The van der Waals surface area contributed by atoms with E-state index in [-0.39, 0.29) is 0 Å². The Hall–Kier alpha value is -0.480. The summed E-state index contributed by atoms with van der Waals surface area (Å²) >= 11 is 11.3. The van der Waals surface area contributed by atoms with Crippen LogP contribution in [0.1, 0.15) is 5.56 Å². The van der Waals surface area contributed by atoms with E-state index in [0.29, 0.717) is 0 Å². The van der Waals surface area contributed by atoms with Crippen molar-refractivity contribution in [3.05, 3.63) is 57.5 Å². The van der Waals surface area contributed by atoms with Crippen molar-refractivity contribution in [2.75, 3.05) is 7.05 Å². The van der Waals surface area contributed by atoms with Crippen LogP contribution in [-0.2, 0) is 6.54 Å². The molecule has 0 unspecified atom stereocenters. The minimum Gasteiger partial charge on any atom is -0.316 e. The quantitative estimate of drug-likeness (QED) is 0.841. The summed E-state index contributed by atoms with van der Waals surface area (Å²) in [7, 11) is 1.95. The van der Waals surface area contributed by atoms with E-state index in [0.717, 1.165) is 20.9 Å². The highest BCUT2D eigenvalue weighted by atomic mass is 79.9. The van der Waals surface area contributed by atoms with Gasteiger partial charge < -0.3 is 5.32 Å². The van der Waals surface area contributed by atoms with E-state index in [2.05, 4.69) is 45.5 Å². The standard InChI is InChI=1S/C14H13BrClNS/c1-17-9-10-5-6-11(15)7-14(10)18-13-4-2-3-12(16)8-13/h2-8,17H,9H2,1H3. The van der Waals surface area contributed by atoms with E-state index in [1.165, 1.54) is 10.5 Å². The monoisotopic (exact) mass is 341 g/mol. The fourth-order valence-corrected chi connectivity index (χ4v) is 3.43. The van der Waals surface area contributed by atoms with Crippen LogP contribution in [0.5, 0.6) is 0 Å². The number of halogens is 2. The molecule has 0 saturated carbocycles. The van der Waals surface area contributed by atoms with Crippen LogP contribution in [0.4, 0.5) is 0 Å². The van der Waals surface area contributed by atoms with Crippen LogP contribution in [0.15, 0.2) is 56.7 Å². The summed E-state index contributed by atoms with van der Waals surface area (Å²) in [6.07, 6.45) is 0. The topological polar surface area (TPSA) is 12.0 Å². The van der Waals surface area contributed by atoms with Crippen molar-refractivity contribution in [3.8, 4) is 0 Å². The molecule has 0 aliphatic carbocycles. The number of rotatable bonds is 4. The lowest BCUT2D eigenvalue weighted by molar-refractivity contribution is 0.803. The Labute approximate surface area is 125 Å². The first-order valence-corrected chi connectivity index (χ1v) is 7.54. The molecule has 1 N–H and O–H groups in total. The molecule has 0 amide bonds. The van der Waals surface area contributed by atoms with Crippen molar-refractivity contribution in [2.45, 2.75) is 16.3 Å². The molecule has 0 saturated heterocycles. The first kappa shape index (κ1) is 13.9. The summed E-state index contributed by atoms with van der Waals surface area (Å²) in [5.41, 5.74) is 1.28. The van der Waals surface area contributed by atoms with Crippen molar-refractivity contribution >= 4 is 39.3 Å². The molecule has 0 heterocycles. The summed E-state index contributed by atoms with van der Waals surface area (Å²) in [6, 6.07) is 14.2. The van der Waals surface area contributed by atoms with Crippen LogP contribution in [0.25, 0.3) is 0 Å². The molecule has 0 aliphatic heterocycles. The lowest BCUT2D eigenvalue weighted by Crippen LogP contribution is -2.05. The van der Waals surface area contributed by atoms with Crippen molar-refractivity contribution in [1.82, 2.24) is 5.32 Å². The van der Waals surface area contributed by atoms with E-state index in [1.807, 2.05) is 25.2 Å². The van der Waals surface area contributed by atoms with Gasteiger partial charge in [-0.1, -0.05) is 51.4 Å². The highest BCUT2D eigenvalue weighted by Crippen LogP contribution is 2.33. The molecule has 0 fully saturated rings. The smallest absolute Gasteiger partial charge is 0.0417 e. The molecule has 0 aliphatic rings. The predicted octanol–water partition coefficient (Wildman–Crippen LogP) is 4.97. The van der Waals surface area contributed by atoms with Crippen molar-refractivity contribution in [3.63, 3.8) is 0 Å². The number of hydrogen-bond acceptors (Lipinski definition) is 2. The zero-order valence-corrected chi connectivity index (χ0v) is 13.1. The maximum atomic E-state index is 6.01. The Kier molecular flexibility index (Phi) is 5.13. The van der Waals surface area contributed by atoms with Gasteiger partial charge in [0.1, 0.15) is 0 Å². The Morgan fingerprint density at radius 3 is 2.78 bits per heavy atom. The zero-order valence-electron chi connectivity index (χ0n) is 9.91. The first-order valence-electron chi connectivity index (χ1n) is 5.55. The molecule has 0 bridgehead atoms. The van der Waals surface area contributed by atoms with Crippen molar-refractivity contribution in [1.29, 1.82) is 0 Å². The average molecular weight is 343 g/mol. The molecule has 2 aromatic rings. The lowest BCUT2D eigenvalue weighted by Gasteiger charge is -2.09. The molecular formula is C14H13BrClNS. The summed E-state index contributed by atoms with van der Waals surface area (Å²) in [6.45, 7) is 0.857. The lowest BCUT2D eigenvalue weighted by atomic mass is 10.2. The van der Waals surface area contributed by atoms with Crippen molar-refractivity contribution < 1.29 is 0 Å². The number of nitrogens with one attached hydrogen (secondary N) is 1. The molecular weight excluding hydrogens is 330 g/mol. The van der Waals surface area contributed by atoms with E-state index >= 15 is 0 Å². The van der Waals surface area contributed by atoms with Crippen LogP contribution < -0.4 is 5.32 Å². The minimum absolute atomic E-state index is 0.769. The molecule has 1 nitrogen and oxygen atoms in total. The Morgan fingerprint density at radius 1 is 1.22 bits per heavy atom. The van der Waals surface area contributed by atoms with Gasteiger partial charge in [-0.2, -0.15) is 0 Å². The molecule has 18 heavy (non-hydrogen) atoms. The van der Waals surface area contributed by atoms with Crippen LogP contribution in [0.2, 0.25) is 5.02 Å². The summed E-state index contributed by atoms with van der Waals surface area (Å²) in [4.78, 5) is 2.39. The summed E-state index contributed by atoms with van der Waals surface area (Å²) in [5, 5.41) is 3.95. The van der Waals surface area contributed by atoms with Gasteiger partial charge in [0.05, 0.1) is 0 Å². The largest absolute Gasteiger partial charge is 0.316 e. The van der Waals surface area contributed by atoms with Gasteiger partial charge in [-0.15, -0.1) is 0 Å². The minimum atomic E-state index is 0.769. The third kappa shape index (κ3) is 3.75. The SMILES string of the molecule is CNCc1ccc(Br)cc1Sc1cccc(Cl)c1. The third-order valence-electron chi connectivity index (χ3n) is 2.42. The van der Waals surface area contributed by atoms with Gasteiger partial charge in [0.15, 0.2) is 0 Å². The van der Waals surface area contributed by atoms with Gasteiger partial charge in [-0.05, 0) is 42.9 Å².